The first-order valence-corrected chi connectivity index (χ1v) is 3.78. The van der Waals surface area contributed by atoms with Gasteiger partial charge in [-0.3, -0.25) is 0 Å². The lowest BCUT2D eigenvalue weighted by molar-refractivity contribution is -0.140. The molecule has 0 saturated heterocycles. The van der Waals surface area contributed by atoms with Gasteiger partial charge in [-0.2, -0.15) is 0 Å². The second-order valence-electron chi connectivity index (χ2n) is 2.67. The normalized spacial score (nSPS) is 12.3. The molecule has 6 nitrogen and oxygen atoms in total. The van der Waals surface area contributed by atoms with E-state index in [1.807, 2.05) is 5.32 Å². The highest BCUT2D eigenvalue weighted by Gasteiger charge is 2.19. The maximum absolute atomic E-state index is 10.8. The monoisotopic (exact) mass is 191 g/mol. The number of hydrogen-bond donors (Lipinski definition) is 3. The van der Waals surface area contributed by atoms with Crippen molar-refractivity contribution < 1.29 is 24.5 Å². The number of carbonyl (C=O) groups excluding carboxylic acids is 1. The molecule has 76 valence electrons. The number of aliphatic hydroxyl groups excluding tert-OH is 1. The number of rotatable bonds is 4. The van der Waals surface area contributed by atoms with Crippen molar-refractivity contribution >= 4 is 12.1 Å². The average Bonchev–Trinajstić information content (AvgIpc) is 1.98. The molecular formula is C7H13NO5. The van der Waals surface area contributed by atoms with Crippen molar-refractivity contribution in [1.82, 2.24) is 5.32 Å². The minimum atomic E-state index is -1.31. The number of aliphatic hydroxyl groups is 1. The number of amides is 1. The molecule has 6 heteroatoms. The minimum absolute atomic E-state index is 0.326. The van der Waals surface area contributed by atoms with Gasteiger partial charge in [0.25, 0.3) is 0 Å². The van der Waals surface area contributed by atoms with E-state index < -0.39 is 24.7 Å². The van der Waals surface area contributed by atoms with E-state index in [1.54, 1.807) is 13.8 Å². The molecular weight excluding hydrogens is 178 g/mol. The Bertz CT molecular complexity index is 191. The van der Waals surface area contributed by atoms with Gasteiger partial charge in [0.1, 0.15) is 0 Å². The molecule has 0 radical (unpaired) electrons. The smallest absolute Gasteiger partial charge is 0.408 e. The fourth-order valence-corrected chi connectivity index (χ4v) is 0.576. The summed E-state index contributed by atoms with van der Waals surface area (Å²) < 4.78 is 4.61. The lowest BCUT2D eigenvalue weighted by Crippen LogP contribution is -2.44. The molecule has 0 aromatic carbocycles. The number of nitrogens with one attached hydrogen (secondary N) is 1. The van der Waals surface area contributed by atoms with Crippen LogP contribution in [0.3, 0.4) is 0 Å². The second kappa shape index (κ2) is 5.36. The molecule has 0 aliphatic heterocycles. The zero-order chi connectivity index (χ0) is 10.4. The fraction of sp³-hybridized carbons (Fsp3) is 0.714. The second-order valence-corrected chi connectivity index (χ2v) is 2.67. The Kier molecular flexibility index (Phi) is 4.83. The van der Waals surface area contributed by atoms with E-state index in [0.29, 0.717) is 0 Å². The van der Waals surface area contributed by atoms with Gasteiger partial charge in [0.05, 0.1) is 12.7 Å². The molecule has 1 atom stereocenters. The van der Waals surface area contributed by atoms with Crippen LogP contribution in [0.25, 0.3) is 0 Å². The van der Waals surface area contributed by atoms with Gasteiger partial charge in [-0.25, -0.2) is 9.59 Å². The third kappa shape index (κ3) is 5.02. The molecule has 0 fully saturated rings. The van der Waals surface area contributed by atoms with E-state index in [9.17, 15) is 9.59 Å². The Morgan fingerprint density at radius 3 is 2.31 bits per heavy atom. The van der Waals surface area contributed by atoms with E-state index in [1.165, 1.54) is 0 Å². The van der Waals surface area contributed by atoms with Crippen LogP contribution in [-0.4, -0.2) is 41.0 Å². The van der Waals surface area contributed by atoms with E-state index in [4.69, 9.17) is 10.2 Å². The number of hydrogen-bond acceptors (Lipinski definition) is 4. The number of carboxylic acids is 1. The summed E-state index contributed by atoms with van der Waals surface area (Å²) in [5.41, 5.74) is 0. The molecule has 0 spiro atoms. The van der Waals surface area contributed by atoms with Gasteiger partial charge < -0.3 is 20.3 Å². The SMILES string of the molecule is CC(C)OC(=O)NC(CO)C(=O)O. The zero-order valence-corrected chi connectivity index (χ0v) is 7.48. The van der Waals surface area contributed by atoms with Gasteiger partial charge in [0.2, 0.25) is 0 Å². The third-order valence-corrected chi connectivity index (χ3v) is 1.12. The summed E-state index contributed by atoms with van der Waals surface area (Å²) in [5, 5.41) is 18.9. The number of aliphatic carboxylic acids is 1. The molecule has 1 amide bonds. The highest BCUT2D eigenvalue weighted by atomic mass is 16.6. The Morgan fingerprint density at radius 2 is 2.00 bits per heavy atom. The van der Waals surface area contributed by atoms with Crippen molar-refractivity contribution in [2.24, 2.45) is 0 Å². The van der Waals surface area contributed by atoms with Crippen LogP contribution in [0.5, 0.6) is 0 Å². The number of alkyl carbamates (subject to hydrolysis) is 1. The summed E-state index contributed by atoms with van der Waals surface area (Å²) in [4.78, 5) is 21.1. The Labute approximate surface area is 75.5 Å². The highest BCUT2D eigenvalue weighted by Crippen LogP contribution is 1.90. The molecule has 0 saturated carbocycles. The molecule has 0 aliphatic carbocycles. The minimum Gasteiger partial charge on any atom is -0.480 e. The topological polar surface area (TPSA) is 95.9 Å². The first kappa shape index (κ1) is 11.7. The van der Waals surface area contributed by atoms with Crippen molar-refractivity contribution in [3.63, 3.8) is 0 Å². The van der Waals surface area contributed by atoms with E-state index in [-0.39, 0.29) is 6.10 Å². The van der Waals surface area contributed by atoms with Crippen molar-refractivity contribution in [1.29, 1.82) is 0 Å². The Hall–Kier alpha value is -1.30. The largest absolute Gasteiger partial charge is 0.480 e. The fourth-order valence-electron chi connectivity index (χ4n) is 0.576. The van der Waals surface area contributed by atoms with Gasteiger partial charge in [-0.1, -0.05) is 0 Å². The summed E-state index contributed by atoms with van der Waals surface area (Å²) in [6, 6.07) is -1.31. The first-order chi connectivity index (χ1) is 5.97. The maximum atomic E-state index is 10.8. The number of carbonyl (C=O) groups is 2. The van der Waals surface area contributed by atoms with E-state index in [0.717, 1.165) is 0 Å². The maximum Gasteiger partial charge on any atom is 0.408 e. The van der Waals surface area contributed by atoms with Crippen LogP contribution in [0.2, 0.25) is 0 Å². The van der Waals surface area contributed by atoms with Crippen LogP contribution in [-0.2, 0) is 9.53 Å². The van der Waals surface area contributed by atoms with Crippen molar-refractivity contribution in [2.45, 2.75) is 26.0 Å². The molecule has 0 aromatic rings. The van der Waals surface area contributed by atoms with Crippen LogP contribution in [0.15, 0.2) is 0 Å². The van der Waals surface area contributed by atoms with Crippen molar-refractivity contribution in [3.05, 3.63) is 0 Å². The summed E-state index contributed by atoms with van der Waals surface area (Å²) in [6.07, 6.45) is -1.18. The zero-order valence-electron chi connectivity index (χ0n) is 7.48. The summed E-state index contributed by atoms with van der Waals surface area (Å²) in [6.45, 7) is 2.60. The summed E-state index contributed by atoms with van der Waals surface area (Å²) in [5.74, 6) is -1.30. The van der Waals surface area contributed by atoms with Gasteiger partial charge in [-0.05, 0) is 13.8 Å². The predicted octanol–water partition coefficient (Wildman–Crippen LogP) is -0.434. The van der Waals surface area contributed by atoms with Gasteiger partial charge in [-0.15, -0.1) is 0 Å². The summed E-state index contributed by atoms with van der Waals surface area (Å²) in [7, 11) is 0. The Balaban J connectivity index is 3.94. The average molecular weight is 191 g/mol. The van der Waals surface area contributed by atoms with Gasteiger partial charge in [0, 0.05) is 0 Å². The Morgan fingerprint density at radius 1 is 1.46 bits per heavy atom. The number of carboxylic acid groups (broad SMARTS) is 1. The standard InChI is InChI=1S/C7H13NO5/c1-4(2)13-7(12)8-5(3-9)6(10)11/h4-5,9H,3H2,1-2H3,(H,8,12)(H,10,11). The van der Waals surface area contributed by atoms with Gasteiger partial charge >= 0.3 is 12.1 Å². The molecule has 3 N–H and O–H groups in total. The van der Waals surface area contributed by atoms with Crippen LogP contribution in [0.4, 0.5) is 4.79 Å². The van der Waals surface area contributed by atoms with Crippen LogP contribution >= 0.6 is 0 Å². The highest BCUT2D eigenvalue weighted by molar-refractivity contribution is 5.79. The van der Waals surface area contributed by atoms with E-state index >= 15 is 0 Å². The number of ether oxygens (including phenoxy) is 1. The molecule has 13 heavy (non-hydrogen) atoms. The van der Waals surface area contributed by atoms with Crippen LogP contribution < -0.4 is 5.32 Å². The lowest BCUT2D eigenvalue weighted by Gasteiger charge is -2.13. The van der Waals surface area contributed by atoms with Crippen LogP contribution in [0.1, 0.15) is 13.8 Å². The van der Waals surface area contributed by atoms with Crippen molar-refractivity contribution in [2.75, 3.05) is 6.61 Å². The molecule has 0 aromatic heterocycles. The molecule has 0 aliphatic rings. The molecule has 0 heterocycles. The molecule has 0 rings (SSSR count). The van der Waals surface area contributed by atoms with Crippen LogP contribution in [0, 0.1) is 0 Å². The van der Waals surface area contributed by atoms with Crippen molar-refractivity contribution in [3.8, 4) is 0 Å². The summed E-state index contributed by atoms with van der Waals surface area (Å²) >= 11 is 0. The first-order valence-electron chi connectivity index (χ1n) is 3.78. The van der Waals surface area contributed by atoms with Gasteiger partial charge in [0.15, 0.2) is 6.04 Å². The van der Waals surface area contributed by atoms with E-state index in [2.05, 4.69) is 4.74 Å². The predicted molar refractivity (Wildman–Crippen MR) is 43.3 cm³/mol. The third-order valence-electron chi connectivity index (χ3n) is 1.12. The lowest BCUT2D eigenvalue weighted by atomic mass is 10.3. The molecule has 0 bridgehead atoms. The molecule has 1 unspecified atom stereocenters. The quantitative estimate of drug-likeness (QED) is 0.560.